The molecule has 0 aliphatic heterocycles. The van der Waals surface area contributed by atoms with Gasteiger partial charge in [0.05, 0.1) is 5.92 Å². The summed E-state index contributed by atoms with van der Waals surface area (Å²) in [5, 5.41) is 1.53. The molecule has 35 heavy (non-hydrogen) atoms. The van der Waals surface area contributed by atoms with Crippen LogP contribution in [0.1, 0.15) is 41.4 Å². The van der Waals surface area contributed by atoms with Crippen molar-refractivity contribution in [2.75, 3.05) is 6.61 Å². The van der Waals surface area contributed by atoms with Gasteiger partial charge in [-0.3, -0.25) is 4.79 Å². The SMILES string of the molecule is Clc1ccccc1.O=C(OCC1c2ccccc2-c2ccccc21)C1CCC1c1ccccc1Cl. The second kappa shape index (κ2) is 10.7. The number of hydrogen-bond acceptors (Lipinski definition) is 2. The fourth-order valence-corrected chi connectivity index (χ4v) is 5.48. The monoisotopic (exact) mass is 500 g/mol. The molecule has 176 valence electrons. The Hall–Kier alpha value is -3.07. The third-order valence-electron chi connectivity index (χ3n) is 6.97. The third-order valence-corrected chi connectivity index (χ3v) is 7.57. The molecule has 6 rings (SSSR count). The topological polar surface area (TPSA) is 26.3 Å². The highest BCUT2D eigenvalue weighted by Crippen LogP contribution is 2.47. The molecule has 2 aliphatic rings. The molecule has 2 nitrogen and oxygen atoms in total. The van der Waals surface area contributed by atoms with Crippen molar-refractivity contribution in [3.05, 3.63) is 130 Å². The maximum Gasteiger partial charge on any atom is 0.309 e. The van der Waals surface area contributed by atoms with Crippen molar-refractivity contribution in [3.8, 4) is 11.1 Å². The molecule has 0 heterocycles. The van der Waals surface area contributed by atoms with Crippen LogP contribution in [-0.2, 0) is 9.53 Å². The zero-order chi connectivity index (χ0) is 24.2. The van der Waals surface area contributed by atoms with E-state index >= 15 is 0 Å². The predicted octanol–water partition coefficient (Wildman–Crippen LogP) is 8.53. The molecular weight excluding hydrogens is 475 g/mol. The summed E-state index contributed by atoms with van der Waals surface area (Å²) in [6.07, 6.45) is 1.85. The van der Waals surface area contributed by atoms with Crippen LogP contribution in [0.2, 0.25) is 10.0 Å². The van der Waals surface area contributed by atoms with Gasteiger partial charge in [0.25, 0.3) is 0 Å². The van der Waals surface area contributed by atoms with Crippen LogP contribution in [0, 0.1) is 5.92 Å². The van der Waals surface area contributed by atoms with Gasteiger partial charge in [0, 0.05) is 16.0 Å². The highest BCUT2D eigenvalue weighted by Gasteiger charge is 2.40. The van der Waals surface area contributed by atoms with E-state index in [2.05, 4.69) is 48.5 Å². The number of fused-ring (bicyclic) bond motifs is 3. The van der Waals surface area contributed by atoms with Gasteiger partial charge in [-0.25, -0.2) is 0 Å². The zero-order valence-electron chi connectivity index (χ0n) is 19.2. The Labute approximate surface area is 216 Å². The van der Waals surface area contributed by atoms with Gasteiger partial charge in [-0.2, -0.15) is 0 Å². The summed E-state index contributed by atoms with van der Waals surface area (Å²) in [6, 6.07) is 34.1. The Bertz CT molecular complexity index is 1270. The van der Waals surface area contributed by atoms with Crippen molar-refractivity contribution < 1.29 is 9.53 Å². The van der Waals surface area contributed by atoms with Crippen LogP contribution in [-0.4, -0.2) is 12.6 Å². The number of halogens is 2. The van der Waals surface area contributed by atoms with Gasteiger partial charge in [-0.1, -0.05) is 108 Å². The number of carbonyl (C=O) groups excluding carboxylic acids is 1. The van der Waals surface area contributed by atoms with E-state index in [1.165, 1.54) is 22.3 Å². The van der Waals surface area contributed by atoms with Crippen LogP contribution in [0.5, 0.6) is 0 Å². The Morgan fingerprint density at radius 1 is 0.686 bits per heavy atom. The number of hydrogen-bond donors (Lipinski definition) is 0. The molecule has 0 bridgehead atoms. The first-order chi connectivity index (χ1) is 17.1. The Morgan fingerprint density at radius 3 is 1.74 bits per heavy atom. The molecule has 2 unspecified atom stereocenters. The predicted molar refractivity (Wildman–Crippen MR) is 143 cm³/mol. The second-order valence-corrected chi connectivity index (χ2v) is 9.81. The number of carbonyl (C=O) groups is 1. The zero-order valence-corrected chi connectivity index (χ0v) is 20.8. The van der Waals surface area contributed by atoms with E-state index in [0.717, 1.165) is 28.5 Å². The summed E-state index contributed by atoms with van der Waals surface area (Å²) in [7, 11) is 0. The summed E-state index contributed by atoms with van der Waals surface area (Å²) in [4.78, 5) is 12.8. The van der Waals surface area contributed by atoms with Crippen molar-refractivity contribution in [2.45, 2.75) is 24.7 Å². The van der Waals surface area contributed by atoms with E-state index in [1.807, 2.05) is 54.6 Å². The molecule has 0 N–H and O–H groups in total. The fraction of sp³-hybridized carbons (Fsp3) is 0.194. The Kier molecular flexibility index (Phi) is 7.22. The molecule has 0 saturated heterocycles. The van der Waals surface area contributed by atoms with E-state index in [-0.39, 0.29) is 23.7 Å². The minimum absolute atomic E-state index is 0.0909. The van der Waals surface area contributed by atoms with Gasteiger partial charge in [0.15, 0.2) is 0 Å². The number of esters is 1. The summed E-state index contributed by atoms with van der Waals surface area (Å²) in [5.41, 5.74) is 6.04. The normalized spacial score (nSPS) is 17.9. The first kappa shape index (κ1) is 23.7. The quantitative estimate of drug-likeness (QED) is 0.262. The number of rotatable bonds is 4. The molecular formula is C31H26Cl2O2. The van der Waals surface area contributed by atoms with E-state index in [4.69, 9.17) is 27.9 Å². The lowest BCUT2D eigenvalue weighted by atomic mass is 9.70. The van der Waals surface area contributed by atoms with Crippen LogP contribution in [0.15, 0.2) is 103 Å². The minimum atomic E-state index is -0.0990. The maximum atomic E-state index is 12.8. The van der Waals surface area contributed by atoms with Crippen LogP contribution in [0.4, 0.5) is 0 Å². The maximum absolute atomic E-state index is 12.8. The third kappa shape index (κ3) is 5.00. The van der Waals surface area contributed by atoms with Gasteiger partial charge in [0.1, 0.15) is 6.61 Å². The average Bonchev–Trinajstić information content (AvgIpc) is 3.18. The lowest BCUT2D eigenvalue weighted by molar-refractivity contribution is -0.152. The summed E-state index contributed by atoms with van der Waals surface area (Å²) < 4.78 is 5.85. The van der Waals surface area contributed by atoms with Gasteiger partial charge in [-0.15, -0.1) is 0 Å². The van der Waals surface area contributed by atoms with Crippen molar-refractivity contribution in [1.82, 2.24) is 0 Å². The van der Waals surface area contributed by atoms with E-state index in [1.54, 1.807) is 0 Å². The van der Waals surface area contributed by atoms with Crippen LogP contribution >= 0.6 is 23.2 Å². The molecule has 4 aromatic carbocycles. The summed E-state index contributed by atoms with van der Waals surface area (Å²) in [5.74, 6) is 0.0874. The van der Waals surface area contributed by atoms with E-state index in [0.29, 0.717) is 6.61 Å². The number of ether oxygens (including phenoxy) is 1. The van der Waals surface area contributed by atoms with Crippen molar-refractivity contribution in [1.29, 1.82) is 0 Å². The molecule has 0 radical (unpaired) electrons. The molecule has 2 atom stereocenters. The molecule has 4 heteroatoms. The van der Waals surface area contributed by atoms with Crippen molar-refractivity contribution in [3.63, 3.8) is 0 Å². The molecule has 2 aliphatic carbocycles. The van der Waals surface area contributed by atoms with Crippen LogP contribution in [0.25, 0.3) is 11.1 Å². The molecule has 1 saturated carbocycles. The first-order valence-electron chi connectivity index (χ1n) is 11.9. The average molecular weight is 501 g/mol. The van der Waals surface area contributed by atoms with Gasteiger partial charge >= 0.3 is 5.97 Å². The highest BCUT2D eigenvalue weighted by atomic mass is 35.5. The molecule has 1 fully saturated rings. The van der Waals surface area contributed by atoms with Gasteiger partial charge < -0.3 is 4.74 Å². The van der Waals surface area contributed by atoms with Crippen LogP contribution in [0.3, 0.4) is 0 Å². The number of benzene rings is 4. The largest absolute Gasteiger partial charge is 0.464 e. The lowest BCUT2D eigenvalue weighted by Crippen LogP contribution is -2.33. The summed E-state index contributed by atoms with van der Waals surface area (Å²) >= 11 is 11.9. The Balaban J connectivity index is 0.000000313. The molecule has 0 amide bonds. The second-order valence-electron chi connectivity index (χ2n) is 8.96. The van der Waals surface area contributed by atoms with Crippen LogP contribution < -0.4 is 0 Å². The summed E-state index contributed by atoms with van der Waals surface area (Å²) in [6.45, 7) is 0.388. The lowest BCUT2D eigenvalue weighted by Gasteiger charge is -2.35. The molecule has 0 spiro atoms. The van der Waals surface area contributed by atoms with E-state index in [9.17, 15) is 4.79 Å². The minimum Gasteiger partial charge on any atom is -0.464 e. The smallest absolute Gasteiger partial charge is 0.309 e. The molecule has 4 aromatic rings. The van der Waals surface area contributed by atoms with Gasteiger partial charge in [0.2, 0.25) is 0 Å². The molecule has 0 aromatic heterocycles. The van der Waals surface area contributed by atoms with Crippen molar-refractivity contribution >= 4 is 29.2 Å². The fourth-order valence-electron chi connectivity index (χ4n) is 5.06. The van der Waals surface area contributed by atoms with Crippen molar-refractivity contribution in [2.24, 2.45) is 5.92 Å². The Morgan fingerprint density at radius 2 is 1.23 bits per heavy atom. The highest BCUT2D eigenvalue weighted by molar-refractivity contribution is 6.31. The standard InChI is InChI=1S/C25H21ClO2.C6H5Cl/c26-24-12-6-5-11-21(24)20-13-14-22(20)25(27)28-15-23-18-9-3-1-7-16(18)17-8-2-4-10-19(17)23;7-6-4-2-1-3-5-6/h1-12,20,22-23H,13-15H2;1-5H. The first-order valence-corrected chi connectivity index (χ1v) is 12.7. The van der Waals surface area contributed by atoms with E-state index < -0.39 is 0 Å². The van der Waals surface area contributed by atoms with Gasteiger partial charge in [-0.05, 0) is 64.8 Å².